The molecular weight excluding hydrogens is 268 g/mol. The van der Waals surface area contributed by atoms with Crippen LogP contribution in [-0.4, -0.2) is 15.7 Å². The van der Waals surface area contributed by atoms with Gasteiger partial charge in [0.15, 0.2) is 5.78 Å². The highest BCUT2D eigenvalue weighted by Gasteiger charge is 2.68. The molecule has 21 heavy (non-hydrogen) atoms. The zero-order valence-electron chi connectivity index (χ0n) is 12.6. The number of nitrogens with one attached hydrogen (secondary N) is 1. The highest BCUT2D eigenvalue weighted by molar-refractivity contribution is 6.12. The van der Waals surface area contributed by atoms with Crippen LogP contribution in [0.4, 0.5) is 5.69 Å². The lowest BCUT2D eigenvalue weighted by atomic mass is 10.0. The van der Waals surface area contributed by atoms with Gasteiger partial charge in [0.2, 0.25) is 0 Å². The molecule has 1 aliphatic rings. The molecule has 1 N–H and O–H groups in total. The minimum Gasteiger partial charge on any atom is -0.355 e. The topological polar surface area (TPSA) is 76.0 Å². The van der Waals surface area contributed by atoms with Gasteiger partial charge < -0.3 is 4.98 Å². The van der Waals surface area contributed by atoms with Crippen LogP contribution in [0.2, 0.25) is 0 Å². The van der Waals surface area contributed by atoms with Gasteiger partial charge in [0.25, 0.3) is 5.69 Å². The van der Waals surface area contributed by atoms with E-state index >= 15 is 0 Å². The van der Waals surface area contributed by atoms with Gasteiger partial charge in [0.05, 0.1) is 4.92 Å². The molecule has 0 bridgehead atoms. The van der Waals surface area contributed by atoms with E-state index in [-0.39, 0.29) is 28.2 Å². The van der Waals surface area contributed by atoms with Crippen molar-refractivity contribution in [2.24, 2.45) is 16.7 Å². The molecule has 0 radical (unpaired) electrons. The average molecular weight is 286 g/mol. The smallest absolute Gasteiger partial charge is 0.293 e. The van der Waals surface area contributed by atoms with E-state index in [1.54, 1.807) is 18.3 Å². The van der Waals surface area contributed by atoms with Crippen LogP contribution in [0.5, 0.6) is 0 Å². The van der Waals surface area contributed by atoms with Gasteiger partial charge in [-0.2, -0.15) is 0 Å². The van der Waals surface area contributed by atoms with Gasteiger partial charge in [-0.3, -0.25) is 14.9 Å². The maximum absolute atomic E-state index is 12.8. The van der Waals surface area contributed by atoms with Crippen molar-refractivity contribution in [2.75, 3.05) is 0 Å². The molecule has 110 valence electrons. The van der Waals surface area contributed by atoms with Crippen molar-refractivity contribution < 1.29 is 9.72 Å². The number of nitro groups is 1. The molecule has 1 aromatic carbocycles. The first-order valence-corrected chi connectivity index (χ1v) is 6.98. The monoisotopic (exact) mass is 286 g/mol. The largest absolute Gasteiger partial charge is 0.355 e. The number of Topliss-reactive ketones (excluding diaryl/α,β-unsaturated/α-hetero) is 1. The quantitative estimate of drug-likeness (QED) is 0.527. The highest BCUT2D eigenvalue weighted by atomic mass is 16.6. The molecule has 0 saturated heterocycles. The maximum atomic E-state index is 12.8. The Labute approximate surface area is 122 Å². The molecule has 1 aromatic heterocycles. The first-order chi connectivity index (χ1) is 9.69. The van der Waals surface area contributed by atoms with Crippen LogP contribution in [0.15, 0.2) is 24.4 Å². The van der Waals surface area contributed by atoms with Gasteiger partial charge in [-0.15, -0.1) is 0 Å². The summed E-state index contributed by atoms with van der Waals surface area (Å²) >= 11 is 0. The molecule has 0 spiro atoms. The second-order valence-electron chi connectivity index (χ2n) is 6.90. The first kappa shape index (κ1) is 13.8. The van der Waals surface area contributed by atoms with Gasteiger partial charge in [-0.05, 0) is 10.8 Å². The van der Waals surface area contributed by atoms with Gasteiger partial charge in [-0.25, -0.2) is 0 Å². The SMILES string of the molecule is CC1(C)C(C(=O)c2c[nH]c3c([N+](=O)[O-])cccc23)C1(C)C. The molecular formula is C16H18N2O3. The van der Waals surface area contributed by atoms with Gasteiger partial charge in [0, 0.05) is 29.1 Å². The van der Waals surface area contributed by atoms with Crippen LogP contribution in [0.1, 0.15) is 38.1 Å². The summed E-state index contributed by atoms with van der Waals surface area (Å²) in [6, 6.07) is 4.82. The lowest BCUT2D eigenvalue weighted by Crippen LogP contribution is -2.06. The molecule has 0 unspecified atom stereocenters. The molecule has 3 rings (SSSR count). The minimum atomic E-state index is -0.432. The van der Waals surface area contributed by atoms with E-state index in [4.69, 9.17) is 0 Å². The lowest BCUT2D eigenvalue weighted by Gasteiger charge is -2.03. The zero-order chi connectivity index (χ0) is 15.6. The van der Waals surface area contributed by atoms with Gasteiger partial charge >= 0.3 is 0 Å². The number of fused-ring (bicyclic) bond motifs is 1. The number of hydrogen-bond donors (Lipinski definition) is 1. The molecule has 0 amide bonds. The number of carbonyl (C=O) groups is 1. The number of non-ortho nitro benzene ring substituents is 1. The number of para-hydroxylation sites is 1. The maximum Gasteiger partial charge on any atom is 0.293 e. The Hall–Kier alpha value is -2.17. The number of carbonyl (C=O) groups excluding carboxylic acids is 1. The number of aromatic amines is 1. The predicted molar refractivity (Wildman–Crippen MR) is 80.3 cm³/mol. The van der Waals surface area contributed by atoms with Crippen molar-refractivity contribution in [2.45, 2.75) is 27.7 Å². The summed E-state index contributed by atoms with van der Waals surface area (Å²) in [5.41, 5.74) is 0.878. The molecule has 1 fully saturated rings. The van der Waals surface area contributed by atoms with Crippen molar-refractivity contribution in [1.82, 2.24) is 4.98 Å². The van der Waals surface area contributed by atoms with Crippen LogP contribution >= 0.6 is 0 Å². The summed E-state index contributed by atoms with van der Waals surface area (Å²) in [6.45, 7) is 8.36. The molecule has 2 aromatic rings. The summed E-state index contributed by atoms with van der Waals surface area (Å²) in [6.07, 6.45) is 1.60. The lowest BCUT2D eigenvalue weighted by molar-refractivity contribution is -0.383. The van der Waals surface area contributed by atoms with E-state index in [2.05, 4.69) is 32.7 Å². The number of H-pyrrole nitrogens is 1. The number of benzene rings is 1. The van der Waals surface area contributed by atoms with E-state index in [0.717, 1.165) is 0 Å². The molecule has 1 aliphatic carbocycles. The van der Waals surface area contributed by atoms with E-state index in [1.807, 2.05) is 0 Å². The van der Waals surface area contributed by atoms with Gasteiger partial charge in [0.1, 0.15) is 5.52 Å². The summed E-state index contributed by atoms with van der Waals surface area (Å²) in [4.78, 5) is 26.3. The van der Waals surface area contributed by atoms with Crippen LogP contribution in [-0.2, 0) is 0 Å². The van der Waals surface area contributed by atoms with Gasteiger partial charge in [-0.1, -0.05) is 39.8 Å². The van der Waals surface area contributed by atoms with Crippen molar-refractivity contribution >= 4 is 22.4 Å². The second kappa shape index (κ2) is 3.93. The molecule has 5 heteroatoms. The number of nitro benzene ring substituents is 1. The van der Waals surface area contributed by atoms with Crippen molar-refractivity contribution in [1.29, 1.82) is 0 Å². The number of aromatic nitrogens is 1. The van der Waals surface area contributed by atoms with Crippen LogP contribution in [0.3, 0.4) is 0 Å². The van der Waals surface area contributed by atoms with Crippen LogP contribution in [0, 0.1) is 26.9 Å². The third kappa shape index (κ3) is 1.66. The van der Waals surface area contributed by atoms with Crippen molar-refractivity contribution in [3.05, 3.63) is 40.1 Å². The first-order valence-electron chi connectivity index (χ1n) is 6.98. The minimum absolute atomic E-state index is 0.000803. The predicted octanol–water partition coefficient (Wildman–Crippen LogP) is 3.94. The van der Waals surface area contributed by atoms with E-state index < -0.39 is 4.92 Å². The fraction of sp³-hybridized carbons (Fsp3) is 0.438. The van der Waals surface area contributed by atoms with Crippen LogP contribution < -0.4 is 0 Å². The van der Waals surface area contributed by atoms with Crippen molar-refractivity contribution in [3.63, 3.8) is 0 Å². The fourth-order valence-electron chi connectivity index (χ4n) is 3.50. The molecule has 5 nitrogen and oxygen atoms in total. The molecule has 0 atom stereocenters. The van der Waals surface area contributed by atoms with E-state index in [1.165, 1.54) is 6.07 Å². The van der Waals surface area contributed by atoms with E-state index in [9.17, 15) is 14.9 Å². The number of ketones is 1. The molecule has 1 saturated carbocycles. The zero-order valence-corrected chi connectivity index (χ0v) is 12.6. The molecule has 1 heterocycles. The summed E-state index contributed by atoms with van der Waals surface area (Å²) < 4.78 is 0. The summed E-state index contributed by atoms with van der Waals surface area (Å²) in [7, 11) is 0. The van der Waals surface area contributed by atoms with Crippen molar-refractivity contribution in [3.8, 4) is 0 Å². The Morgan fingerprint density at radius 3 is 2.38 bits per heavy atom. The highest BCUT2D eigenvalue weighted by Crippen LogP contribution is 2.69. The Morgan fingerprint density at radius 1 is 1.24 bits per heavy atom. The third-order valence-corrected chi connectivity index (χ3v) is 5.44. The molecule has 0 aliphatic heterocycles. The Bertz CT molecular complexity index is 757. The number of rotatable bonds is 3. The Kier molecular flexibility index (Phi) is 2.58. The summed E-state index contributed by atoms with van der Waals surface area (Å²) in [5, 5.41) is 11.7. The fourth-order valence-corrected chi connectivity index (χ4v) is 3.50. The standard InChI is InChI=1S/C16H18N2O3/c1-15(2)14(16(15,3)4)13(19)10-8-17-12-9(10)6-5-7-11(12)18(20)21/h5-8,14,17H,1-4H3. The Balaban J connectivity index is 2.10. The third-order valence-electron chi connectivity index (χ3n) is 5.44. The second-order valence-corrected chi connectivity index (χ2v) is 6.90. The summed E-state index contributed by atoms with van der Waals surface area (Å²) in [5.74, 6) is 0.0139. The number of hydrogen-bond acceptors (Lipinski definition) is 3. The average Bonchev–Trinajstić information content (AvgIpc) is 2.74. The number of nitrogens with zero attached hydrogens (tertiary/aromatic N) is 1. The normalized spacial score (nSPS) is 19.6. The van der Waals surface area contributed by atoms with Crippen LogP contribution in [0.25, 0.3) is 10.9 Å². The van der Waals surface area contributed by atoms with E-state index in [0.29, 0.717) is 16.5 Å². The Morgan fingerprint density at radius 2 is 1.86 bits per heavy atom.